The number of nitrogens with one attached hydrogen (secondary N) is 1. The van der Waals surface area contributed by atoms with Gasteiger partial charge in [0, 0.05) is 33.5 Å². The van der Waals surface area contributed by atoms with E-state index < -0.39 is 8.07 Å². The smallest absolute Gasteiger partial charge is 0.123 e. The summed E-state index contributed by atoms with van der Waals surface area (Å²) in [5.74, 6) is 0. The monoisotopic (exact) mass is 285 g/mol. The Labute approximate surface area is 117 Å². The number of ether oxygens (including phenoxy) is 1. The van der Waals surface area contributed by atoms with Gasteiger partial charge in [-0.15, -0.1) is 0 Å². The Kier molecular flexibility index (Phi) is 6.71. The van der Waals surface area contributed by atoms with E-state index in [0.29, 0.717) is 13.3 Å². The Morgan fingerprint density at radius 2 is 2.21 bits per heavy atom. The first-order chi connectivity index (χ1) is 8.92. The number of aliphatic hydroxyl groups is 1. The topological polar surface area (TPSA) is 59.3 Å². The Bertz CT molecular complexity index is 363. The van der Waals surface area contributed by atoms with Gasteiger partial charge in [-0.05, 0) is 13.0 Å². The lowest BCUT2D eigenvalue weighted by atomic mass is 10.2. The number of imidazole rings is 1. The number of rotatable bonds is 9. The third kappa shape index (κ3) is 6.86. The Balaban J connectivity index is 2.30. The Morgan fingerprint density at radius 3 is 2.84 bits per heavy atom. The summed E-state index contributed by atoms with van der Waals surface area (Å²) in [5, 5.41) is 12.0. The van der Waals surface area contributed by atoms with Gasteiger partial charge in [-0.1, -0.05) is 19.6 Å². The van der Waals surface area contributed by atoms with Crippen LogP contribution < -0.4 is 5.32 Å². The molecule has 0 bridgehead atoms. The van der Waals surface area contributed by atoms with Crippen LogP contribution in [-0.2, 0) is 11.5 Å². The zero-order chi connectivity index (χ0) is 14.3. The van der Waals surface area contributed by atoms with E-state index in [1.165, 1.54) is 6.04 Å². The van der Waals surface area contributed by atoms with Crippen molar-refractivity contribution in [3.8, 4) is 0 Å². The van der Waals surface area contributed by atoms with E-state index in [1.54, 1.807) is 6.33 Å². The fourth-order valence-electron chi connectivity index (χ4n) is 1.61. The summed E-state index contributed by atoms with van der Waals surface area (Å²) in [6, 6.07) is 1.33. The molecule has 0 aromatic carbocycles. The van der Waals surface area contributed by atoms with Gasteiger partial charge in [-0.3, -0.25) is 0 Å². The number of aromatic nitrogens is 2. The third-order valence-corrected chi connectivity index (χ3v) is 4.60. The molecule has 6 heteroatoms. The van der Waals surface area contributed by atoms with E-state index in [4.69, 9.17) is 9.84 Å². The average molecular weight is 285 g/mol. The highest BCUT2D eigenvalue weighted by Crippen LogP contribution is 2.10. The first kappa shape index (κ1) is 16.4. The molecular formula is C13H27N3O2Si. The van der Waals surface area contributed by atoms with Gasteiger partial charge < -0.3 is 19.7 Å². The molecule has 0 aliphatic rings. The molecule has 5 nitrogen and oxygen atoms in total. The van der Waals surface area contributed by atoms with Crippen molar-refractivity contribution in [2.45, 2.75) is 45.4 Å². The van der Waals surface area contributed by atoms with Crippen LogP contribution in [0.25, 0.3) is 0 Å². The van der Waals surface area contributed by atoms with Crippen molar-refractivity contribution in [3.05, 3.63) is 18.2 Å². The summed E-state index contributed by atoms with van der Waals surface area (Å²) in [5.41, 5.74) is 0.974. The summed E-state index contributed by atoms with van der Waals surface area (Å²) in [4.78, 5) is 4.34. The third-order valence-electron chi connectivity index (χ3n) is 2.90. The molecule has 1 aromatic rings. The van der Waals surface area contributed by atoms with Gasteiger partial charge in [-0.2, -0.15) is 0 Å². The lowest BCUT2D eigenvalue weighted by Gasteiger charge is -2.15. The van der Waals surface area contributed by atoms with Crippen LogP contribution in [0.3, 0.4) is 0 Å². The predicted octanol–water partition coefficient (Wildman–Crippen LogP) is 1.84. The minimum Gasteiger partial charge on any atom is -0.395 e. The average Bonchev–Trinajstić information content (AvgIpc) is 2.79. The molecule has 0 aliphatic carbocycles. The molecule has 1 atom stereocenters. The molecule has 0 saturated carbocycles. The highest BCUT2D eigenvalue weighted by Gasteiger charge is 2.12. The summed E-state index contributed by atoms with van der Waals surface area (Å²) in [6.45, 7) is 11.2. The molecule has 0 spiro atoms. The minimum absolute atomic E-state index is 0.144. The number of aliphatic hydroxyl groups excluding tert-OH is 1. The van der Waals surface area contributed by atoms with Crippen LogP contribution in [0.1, 0.15) is 18.7 Å². The lowest BCUT2D eigenvalue weighted by Crippen LogP contribution is -2.22. The second kappa shape index (κ2) is 7.79. The van der Waals surface area contributed by atoms with E-state index in [-0.39, 0.29) is 12.6 Å². The molecule has 1 rings (SSSR count). The maximum Gasteiger partial charge on any atom is 0.123 e. The van der Waals surface area contributed by atoms with Crippen molar-refractivity contribution in [2.24, 2.45) is 0 Å². The van der Waals surface area contributed by atoms with Crippen molar-refractivity contribution in [1.29, 1.82) is 0 Å². The molecule has 2 N–H and O–H groups in total. The van der Waals surface area contributed by atoms with Crippen molar-refractivity contribution in [3.63, 3.8) is 0 Å². The van der Waals surface area contributed by atoms with Crippen molar-refractivity contribution >= 4 is 8.07 Å². The first-order valence-electron chi connectivity index (χ1n) is 6.86. The highest BCUT2D eigenvalue weighted by atomic mass is 28.3. The van der Waals surface area contributed by atoms with E-state index in [0.717, 1.165) is 12.3 Å². The van der Waals surface area contributed by atoms with Crippen LogP contribution >= 0.6 is 0 Å². The van der Waals surface area contributed by atoms with Gasteiger partial charge in [0.25, 0.3) is 0 Å². The first-order valence-corrected chi connectivity index (χ1v) is 10.6. The summed E-state index contributed by atoms with van der Waals surface area (Å²) in [7, 11) is -1.01. The lowest BCUT2D eigenvalue weighted by molar-refractivity contribution is 0.0870. The molecule has 0 fully saturated rings. The molecule has 19 heavy (non-hydrogen) atoms. The molecular weight excluding hydrogens is 258 g/mol. The fourth-order valence-corrected chi connectivity index (χ4v) is 2.36. The normalized spacial score (nSPS) is 13.7. The van der Waals surface area contributed by atoms with Crippen LogP contribution in [0.15, 0.2) is 12.5 Å². The Morgan fingerprint density at radius 1 is 1.47 bits per heavy atom. The quantitative estimate of drug-likeness (QED) is 0.537. The molecule has 0 amide bonds. The number of nitrogens with zero attached hydrogens (tertiary/aromatic N) is 2. The zero-order valence-corrected chi connectivity index (χ0v) is 13.5. The fraction of sp³-hybridized carbons (Fsp3) is 0.769. The second-order valence-corrected chi connectivity index (χ2v) is 11.7. The molecule has 110 valence electrons. The van der Waals surface area contributed by atoms with Crippen molar-refractivity contribution < 1.29 is 9.84 Å². The van der Waals surface area contributed by atoms with E-state index >= 15 is 0 Å². The van der Waals surface area contributed by atoms with E-state index in [9.17, 15) is 0 Å². The van der Waals surface area contributed by atoms with Gasteiger partial charge >= 0.3 is 0 Å². The molecule has 0 saturated heterocycles. The van der Waals surface area contributed by atoms with Crippen molar-refractivity contribution in [2.75, 3.05) is 19.8 Å². The Hall–Kier alpha value is -0.693. The SMILES string of the molecule is CC(NCCO)c1cn(COCC[Si](C)(C)C)cn1. The van der Waals surface area contributed by atoms with Crippen LogP contribution in [-0.4, -0.2) is 42.5 Å². The van der Waals surface area contributed by atoms with Crippen LogP contribution in [0, 0.1) is 0 Å². The maximum absolute atomic E-state index is 8.77. The van der Waals surface area contributed by atoms with Crippen LogP contribution in [0.4, 0.5) is 0 Å². The number of hydrogen-bond donors (Lipinski definition) is 2. The second-order valence-electron chi connectivity index (χ2n) is 6.06. The maximum atomic E-state index is 8.77. The summed E-state index contributed by atoms with van der Waals surface area (Å²) < 4.78 is 7.62. The van der Waals surface area contributed by atoms with Gasteiger partial charge in [0.05, 0.1) is 18.6 Å². The van der Waals surface area contributed by atoms with E-state index in [1.807, 2.05) is 17.7 Å². The minimum atomic E-state index is -1.01. The number of hydrogen-bond acceptors (Lipinski definition) is 4. The van der Waals surface area contributed by atoms with Gasteiger partial charge in [0.15, 0.2) is 0 Å². The summed E-state index contributed by atoms with van der Waals surface area (Å²) >= 11 is 0. The molecule has 1 aromatic heterocycles. The van der Waals surface area contributed by atoms with Gasteiger partial charge in [0.1, 0.15) is 6.73 Å². The molecule has 0 aliphatic heterocycles. The molecule has 1 unspecified atom stereocenters. The zero-order valence-electron chi connectivity index (χ0n) is 12.5. The molecule has 0 radical (unpaired) electrons. The highest BCUT2D eigenvalue weighted by molar-refractivity contribution is 6.76. The van der Waals surface area contributed by atoms with E-state index in [2.05, 4.69) is 29.9 Å². The standard InChI is InChI=1S/C13H27N3O2Si/c1-12(14-5-6-17)13-9-16(10-15-13)11-18-7-8-19(2,3)4/h9-10,12,14,17H,5-8,11H2,1-4H3. The molecule has 1 heterocycles. The summed E-state index contributed by atoms with van der Waals surface area (Å²) in [6.07, 6.45) is 3.78. The van der Waals surface area contributed by atoms with Gasteiger partial charge in [-0.25, -0.2) is 4.98 Å². The van der Waals surface area contributed by atoms with Crippen molar-refractivity contribution in [1.82, 2.24) is 14.9 Å². The van der Waals surface area contributed by atoms with Crippen LogP contribution in [0.5, 0.6) is 0 Å². The van der Waals surface area contributed by atoms with Crippen LogP contribution in [0.2, 0.25) is 25.7 Å². The largest absolute Gasteiger partial charge is 0.395 e. The van der Waals surface area contributed by atoms with Gasteiger partial charge in [0.2, 0.25) is 0 Å². The predicted molar refractivity (Wildman–Crippen MR) is 79.8 cm³/mol.